The van der Waals surface area contributed by atoms with Gasteiger partial charge in [-0.15, -0.1) is 0 Å². The van der Waals surface area contributed by atoms with Crippen LogP contribution in [0.2, 0.25) is 5.02 Å². The fourth-order valence-electron chi connectivity index (χ4n) is 2.05. The average Bonchev–Trinajstić information content (AvgIpc) is 2.86. The summed E-state index contributed by atoms with van der Waals surface area (Å²) in [5, 5.41) is 22.3. The number of carboxylic acid groups (broad SMARTS) is 1. The highest BCUT2D eigenvalue weighted by Crippen LogP contribution is 2.22. The number of non-ortho nitro benzene ring substituents is 1. The number of carboxylic acids is 1. The smallest absolute Gasteiger partial charge is 0.310 e. The van der Waals surface area contributed by atoms with Gasteiger partial charge in [0, 0.05) is 28.8 Å². The molecule has 0 bridgehead atoms. The number of nitrogens with one attached hydrogen (secondary N) is 1. The fourth-order valence-corrected chi connectivity index (χ4v) is 2.28. The molecule has 0 saturated carbocycles. The largest absolute Gasteiger partial charge is 0.481 e. The lowest BCUT2D eigenvalue weighted by atomic mass is 10.1. The van der Waals surface area contributed by atoms with E-state index in [0.717, 1.165) is 12.1 Å². The van der Waals surface area contributed by atoms with Gasteiger partial charge in [0.2, 0.25) is 0 Å². The van der Waals surface area contributed by atoms with Crippen LogP contribution in [0, 0.1) is 16.0 Å². The summed E-state index contributed by atoms with van der Waals surface area (Å²) in [5.74, 6) is -2.13. The van der Waals surface area contributed by atoms with Crippen molar-refractivity contribution < 1.29 is 19.6 Å². The zero-order chi connectivity index (χ0) is 15.6. The van der Waals surface area contributed by atoms with E-state index in [1.165, 1.54) is 12.1 Å². The number of hydrogen-bond donors (Lipinski definition) is 2. The summed E-state index contributed by atoms with van der Waals surface area (Å²) in [7, 11) is 0. The molecule has 0 radical (unpaired) electrons. The predicted octanol–water partition coefficient (Wildman–Crippen LogP) is 2.01. The number of nitro groups is 1. The van der Waals surface area contributed by atoms with Crippen molar-refractivity contribution in [3.63, 3.8) is 0 Å². The minimum Gasteiger partial charge on any atom is -0.481 e. The first kappa shape index (κ1) is 15.0. The van der Waals surface area contributed by atoms with Gasteiger partial charge in [0.15, 0.2) is 0 Å². The van der Waals surface area contributed by atoms with Crippen LogP contribution < -0.4 is 5.32 Å². The molecule has 1 aromatic rings. The number of carbonyl (C=O) groups is 2. The third-order valence-corrected chi connectivity index (χ3v) is 3.29. The van der Waals surface area contributed by atoms with Crippen LogP contribution in [0.3, 0.4) is 0 Å². The molecule has 2 rings (SSSR count). The Balaban J connectivity index is 2.10. The van der Waals surface area contributed by atoms with Gasteiger partial charge in [-0.3, -0.25) is 19.7 Å². The number of benzene rings is 1. The summed E-state index contributed by atoms with van der Waals surface area (Å²) in [6, 6.07) is 3.16. The van der Waals surface area contributed by atoms with Crippen LogP contribution in [0.25, 0.3) is 0 Å². The highest BCUT2D eigenvalue weighted by molar-refractivity contribution is 6.31. The van der Waals surface area contributed by atoms with E-state index >= 15 is 0 Å². The second-order valence-corrected chi connectivity index (χ2v) is 5.04. The number of amides is 1. The zero-order valence-corrected chi connectivity index (χ0v) is 11.4. The molecule has 0 aliphatic heterocycles. The molecule has 2 unspecified atom stereocenters. The summed E-state index contributed by atoms with van der Waals surface area (Å²) < 4.78 is 0. The Hall–Kier alpha value is -2.41. The average molecular weight is 311 g/mol. The highest BCUT2D eigenvalue weighted by atomic mass is 35.5. The van der Waals surface area contributed by atoms with Crippen LogP contribution >= 0.6 is 11.6 Å². The molecule has 0 aromatic heterocycles. The number of nitro benzene ring substituents is 1. The van der Waals surface area contributed by atoms with Crippen molar-refractivity contribution in [3.05, 3.63) is 51.1 Å². The van der Waals surface area contributed by atoms with Crippen molar-refractivity contribution in [1.29, 1.82) is 0 Å². The van der Waals surface area contributed by atoms with Gasteiger partial charge in [0.05, 0.1) is 10.8 Å². The third kappa shape index (κ3) is 3.57. The molecule has 1 amide bonds. The Labute approximate surface area is 124 Å². The highest BCUT2D eigenvalue weighted by Gasteiger charge is 2.26. The van der Waals surface area contributed by atoms with E-state index in [4.69, 9.17) is 16.7 Å². The third-order valence-electron chi connectivity index (χ3n) is 3.07. The van der Waals surface area contributed by atoms with Crippen LogP contribution in [0.15, 0.2) is 30.4 Å². The van der Waals surface area contributed by atoms with Crippen LogP contribution in [-0.4, -0.2) is 27.9 Å². The van der Waals surface area contributed by atoms with E-state index in [1.54, 1.807) is 6.08 Å². The summed E-state index contributed by atoms with van der Waals surface area (Å²) >= 11 is 5.74. The van der Waals surface area contributed by atoms with Gasteiger partial charge in [-0.05, 0) is 12.5 Å². The summed E-state index contributed by atoms with van der Waals surface area (Å²) in [4.78, 5) is 32.9. The molecule has 1 aliphatic carbocycles. The Kier molecular flexibility index (Phi) is 4.23. The number of nitrogens with zero attached hydrogens (tertiary/aromatic N) is 1. The SMILES string of the molecule is O=C(NC1C=CC(C(=O)O)C1)c1cc(Cl)cc([N+](=O)[O-])c1. The lowest BCUT2D eigenvalue weighted by Crippen LogP contribution is -2.33. The molecule has 21 heavy (non-hydrogen) atoms. The van der Waals surface area contributed by atoms with E-state index in [0.29, 0.717) is 0 Å². The van der Waals surface area contributed by atoms with E-state index in [-0.39, 0.29) is 22.7 Å². The van der Waals surface area contributed by atoms with E-state index in [9.17, 15) is 19.7 Å². The number of rotatable bonds is 4. The second kappa shape index (κ2) is 5.92. The number of aliphatic carboxylic acids is 1. The van der Waals surface area contributed by atoms with Crippen LogP contribution in [-0.2, 0) is 4.79 Å². The number of carbonyl (C=O) groups excluding carboxylic acids is 1. The molecular weight excluding hydrogens is 300 g/mol. The lowest BCUT2D eigenvalue weighted by molar-refractivity contribution is -0.384. The number of hydrogen-bond acceptors (Lipinski definition) is 4. The molecule has 0 fully saturated rings. The van der Waals surface area contributed by atoms with Crippen molar-refractivity contribution in [1.82, 2.24) is 5.32 Å². The first-order chi connectivity index (χ1) is 9.86. The quantitative estimate of drug-likeness (QED) is 0.502. The lowest BCUT2D eigenvalue weighted by Gasteiger charge is -2.12. The maximum atomic E-state index is 12.0. The molecule has 0 saturated heterocycles. The first-order valence-corrected chi connectivity index (χ1v) is 6.41. The van der Waals surface area contributed by atoms with Crippen LogP contribution in [0.1, 0.15) is 16.8 Å². The van der Waals surface area contributed by atoms with Crippen LogP contribution in [0.4, 0.5) is 5.69 Å². The molecule has 0 heterocycles. The Bertz CT molecular complexity index is 643. The van der Waals surface area contributed by atoms with E-state index < -0.39 is 28.8 Å². The molecule has 1 aliphatic rings. The first-order valence-electron chi connectivity index (χ1n) is 6.04. The Morgan fingerprint density at radius 2 is 2.05 bits per heavy atom. The zero-order valence-electron chi connectivity index (χ0n) is 10.7. The Morgan fingerprint density at radius 1 is 1.33 bits per heavy atom. The summed E-state index contributed by atoms with van der Waals surface area (Å²) in [6.45, 7) is 0. The maximum Gasteiger partial charge on any atom is 0.310 e. The van der Waals surface area contributed by atoms with Gasteiger partial charge < -0.3 is 10.4 Å². The van der Waals surface area contributed by atoms with Gasteiger partial charge in [-0.25, -0.2) is 0 Å². The normalized spacial score (nSPS) is 20.2. The van der Waals surface area contributed by atoms with Crippen molar-refractivity contribution in [3.8, 4) is 0 Å². The van der Waals surface area contributed by atoms with Gasteiger partial charge in [-0.1, -0.05) is 23.8 Å². The molecule has 2 N–H and O–H groups in total. The molecule has 0 spiro atoms. The Morgan fingerprint density at radius 3 is 2.62 bits per heavy atom. The van der Waals surface area contributed by atoms with Gasteiger partial charge in [-0.2, -0.15) is 0 Å². The standard InChI is InChI=1S/C13H11ClN2O5/c14-9-3-8(5-11(6-9)16(20)21)12(17)15-10-2-1-7(4-10)13(18)19/h1-3,5-7,10H,4H2,(H,15,17)(H,18,19). The van der Waals surface area contributed by atoms with Crippen molar-refractivity contribution in [2.24, 2.45) is 5.92 Å². The minimum atomic E-state index is -0.957. The molecule has 7 nitrogen and oxygen atoms in total. The minimum absolute atomic E-state index is 0.0568. The van der Waals surface area contributed by atoms with Crippen molar-refractivity contribution in [2.75, 3.05) is 0 Å². The molecule has 110 valence electrons. The van der Waals surface area contributed by atoms with Crippen molar-refractivity contribution >= 4 is 29.2 Å². The van der Waals surface area contributed by atoms with Gasteiger partial charge in [0.1, 0.15) is 0 Å². The monoisotopic (exact) mass is 310 g/mol. The van der Waals surface area contributed by atoms with Gasteiger partial charge >= 0.3 is 5.97 Å². The molecular formula is C13H11ClN2O5. The maximum absolute atomic E-state index is 12.0. The van der Waals surface area contributed by atoms with E-state index in [2.05, 4.69) is 5.32 Å². The molecule has 2 atom stereocenters. The fraction of sp³-hybridized carbons (Fsp3) is 0.231. The predicted molar refractivity (Wildman–Crippen MR) is 74.2 cm³/mol. The molecule has 1 aromatic carbocycles. The topological polar surface area (TPSA) is 110 Å². The van der Waals surface area contributed by atoms with E-state index in [1.807, 2.05) is 0 Å². The van der Waals surface area contributed by atoms with Crippen LogP contribution in [0.5, 0.6) is 0 Å². The van der Waals surface area contributed by atoms with Gasteiger partial charge in [0.25, 0.3) is 11.6 Å². The summed E-state index contributed by atoms with van der Waals surface area (Å²) in [6.07, 6.45) is 3.35. The van der Waals surface area contributed by atoms with Crippen molar-refractivity contribution in [2.45, 2.75) is 12.5 Å². The second-order valence-electron chi connectivity index (χ2n) is 4.60. The molecule has 8 heteroatoms. The number of halogens is 1. The summed E-state index contributed by atoms with van der Waals surface area (Å²) in [5.41, 5.74) is -0.223.